The molecular weight excluding hydrogens is 320 g/mol. The number of non-ortho nitro benzene ring substituents is 1. The maximum Gasteiger partial charge on any atom is 0.279 e. The number of nitrogens with one attached hydrogen (secondary N) is 2. The van der Waals surface area contributed by atoms with Crippen molar-refractivity contribution in [2.75, 3.05) is 13.1 Å². The highest BCUT2D eigenvalue weighted by Crippen LogP contribution is 2.27. The zero-order valence-electron chi connectivity index (χ0n) is 13.5. The Morgan fingerprint density at radius 3 is 2.17 bits per heavy atom. The van der Waals surface area contributed by atoms with Crippen molar-refractivity contribution in [3.63, 3.8) is 0 Å². The van der Waals surface area contributed by atoms with Crippen LogP contribution in [0.15, 0.2) is 12.1 Å². The number of carbonyl (C=O) groups is 2. The molecule has 2 N–H and O–H groups in total. The van der Waals surface area contributed by atoms with Gasteiger partial charge in [-0.1, -0.05) is 13.8 Å². The molecule has 130 valence electrons. The molecule has 0 bridgehead atoms. The molecule has 10 nitrogen and oxygen atoms in total. The second-order valence-electron chi connectivity index (χ2n) is 5.35. The van der Waals surface area contributed by atoms with E-state index in [0.717, 1.165) is 12.1 Å². The van der Waals surface area contributed by atoms with Crippen molar-refractivity contribution in [2.45, 2.75) is 20.8 Å². The third-order valence-corrected chi connectivity index (χ3v) is 3.25. The third-order valence-electron chi connectivity index (χ3n) is 3.25. The molecule has 0 aliphatic heterocycles. The van der Waals surface area contributed by atoms with Crippen LogP contribution >= 0.6 is 0 Å². The maximum absolute atomic E-state index is 12.1. The van der Waals surface area contributed by atoms with Gasteiger partial charge in [-0.15, -0.1) is 0 Å². The topological polar surface area (TPSA) is 144 Å². The smallest absolute Gasteiger partial charge is 0.279 e. The first-order valence-corrected chi connectivity index (χ1v) is 7.14. The lowest BCUT2D eigenvalue weighted by Crippen LogP contribution is -2.36. The van der Waals surface area contributed by atoms with Crippen molar-refractivity contribution < 1.29 is 19.4 Å². The largest absolute Gasteiger partial charge is 0.354 e. The molecular formula is C14H18N4O6. The number of nitro benzene ring substituents is 2. The fourth-order valence-corrected chi connectivity index (χ4v) is 1.88. The van der Waals surface area contributed by atoms with Gasteiger partial charge in [-0.05, 0) is 6.92 Å². The highest BCUT2D eigenvalue weighted by atomic mass is 16.6. The number of carbonyl (C=O) groups excluding carboxylic acids is 2. The normalized spacial score (nSPS) is 10.3. The second kappa shape index (κ2) is 7.99. The summed E-state index contributed by atoms with van der Waals surface area (Å²) in [5, 5.41) is 26.9. The Kier molecular flexibility index (Phi) is 6.33. The lowest BCUT2D eigenvalue weighted by molar-refractivity contribution is -0.394. The molecule has 0 aliphatic rings. The van der Waals surface area contributed by atoms with Gasteiger partial charge in [0.05, 0.1) is 21.5 Å². The van der Waals surface area contributed by atoms with E-state index >= 15 is 0 Å². The number of rotatable bonds is 7. The van der Waals surface area contributed by atoms with E-state index in [9.17, 15) is 29.8 Å². The van der Waals surface area contributed by atoms with E-state index in [1.165, 1.54) is 6.92 Å². The van der Waals surface area contributed by atoms with Crippen LogP contribution in [0.1, 0.15) is 29.8 Å². The minimum absolute atomic E-state index is 0.0364. The minimum atomic E-state index is -0.800. The van der Waals surface area contributed by atoms with Crippen LogP contribution in [0.5, 0.6) is 0 Å². The summed E-state index contributed by atoms with van der Waals surface area (Å²) >= 11 is 0. The molecule has 24 heavy (non-hydrogen) atoms. The third kappa shape index (κ3) is 4.73. The van der Waals surface area contributed by atoms with Crippen molar-refractivity contribution >= 4 is 23.2 Å². The summed E-state index contributed by atoms with van der Waals surface area (Å²) in [6, 6.07) is 1.80. The molecule has 1 rings (SSSR count). The van der Waals surface area contributed by atoms with Crippen LogP contribution in [-0.4, -0.2) is 34.8 Å². The van der Waals surface area contributed by atoms with Crippen molar-refractivity contribution in [3.8, 4) is 0 Å². The molecule has 0 aromatic heterocycles. The van der Waals surface area contributed by atoms with Gasteiger partial charge in [0.25, 0.3) is 17.3 Å². The number of hydrogen-bond acceptors (Lipinski definition) is 6. The average Bonchev–Trinajstić information content (AvgIpc) is 2.50. The van der Waals surface area contributed by atoms with Gasteiger partial charge in [0, 0.05) is 30.6 Å². The first-order valence-electron chi connectivity index (χ1n) is 7.14. The first-order chi connectivity index (χ1) is 11.1. The summed E-state index contributed by atoms with van der Waals surface area (Å²) in [4.78, 5) is 43.8. The predicted molar refractivity (Wildman–Crippen MR) is 84.7 cm³/mol. The molecule has 0 radical (unpaired) electrons. The van der Waals surface area contributed by atoms with Gasteiger partial charge in [0.15, 0.2) is 0 Å². The van der Waals surface area contributed by atoms with Crippen molar-refractivity contribution in [1.82, 2.24) is 10.6 Å². The summed E-state index contributed by atoms with van der Waals surface area (Å²) < 4.78 is 0. The SMILES string of the molecule is Cc1c(C(=O)NCCNC(=O)C(C)C)cc([N+](=O)[O-])cc1[N+](=O)[O-]. The lowest BCUT2D eigenvalue weighted by Gasteiger charge is -2.10. The zero-order valence-corrected chi connectivity index (χ0v) is 13.5. The van der Waals surface area contributed by atoms with E-state index in [0.29, 0.717) is 0 Å². The van der Waals surface area contributed by atoms with E-state index in [4.69, 9.17) is 0 Å². The lowest BCUT2D eigenvalue weighted by atomic mass is 10.0. The van der Waals surface area contributed by atoms with Gasteiger partial charge in [0.2, 0.25) is 5.91 Å². The number of hydrogen-bond donors (Lipinski definition) is 2. The highest BCUT2D eigenvalue weighted by Gasteiger charge is 2.24. The molecule has 0 saturated heterocycles. The molecule has 0 saturated carbocycles. The Labute approximate surface area is 137 Å². The highest BCUT2D eigenvalue weighted by molar-refractivity contribution is 5.97. The van der Waals surface area contributed by atoms with Gasteiger partial charge < -0.3 is 10.6 Å². The quantitative estimate of drug-likeness (QED) is 0.435. The summed E-state index contributed by atoms with van der Waals surface area (Å²) in [5.41, 5.74) is -1.14. The average molecular weight is 338 g/mol. The molecule has 0 aliphatic carbocycles. The zero-order chi connectivity index (χ0) is 18.4. The summed E-state index contributed by atoms with van der Waals surface area (Å²) in [6.45, 7) is 5.06. The van der Waals surface area contributed by atoms with E-state index < -0.39 is 27.1 Å². The van der Waals surface area contributed by atoms with Crippen LogP contribution in [0.3, 0.4) is 0 Å². The Morgan fingerprint density at radius 2 is 1.67 bits per heavy atom. The van der Waals surface area contributed by atoms with Gasteiger partial charge in [0.1, 0.15) is 0 Å². The fraction of sp³-hybridized carbons (Fsp3) is 0.429. The van der Waals surface area contributed by atoms with Crippen LogP contribution in [0.25, 0.3) is 0 Å². The monoisotopic (exact) mass is 338 g/mol. The van der Waals surface area contributed by atoms with E-state index in [1.807, 2.05) is 0 Å². The first kappa shape index (κ1) is 19.0. The summed E-state index contributed by atoms with van der Waals surface area (Å²) in [5.74, 6) is -1.05. The van der Waals surface area contributed by atoms with Crippen LogP contribution < -0.4 is 10.6 Å². The maximum atomic E-state index is 12.1. The van der Waals surface area contributed by atoms with E-state index in [1.54, 1.807) is 13.8 Å². The molecule has 2 amide bonds. The molecule has 10 heteroatoms. The van der Waals surface area contributed by atoms with Gasteiger partial charge in [-0.2, -0.15) is 0 Å². The van der Waals surface area contributed by atoms with Gasteiger partial charge in [-0.25, -0.2) is 0 Å². The molecule has 0 spiro atoms. The number of amides is 2. The molecule has 0 heterocycles. The van der Waals surface area contributed by atoms with Gasteiger partial charge in [-0.3, -0.25) is 29.8 Å². The second-order valence-corrected chi connectivity index (χ2v) is 5.35. The van der Waals surface area contributed by atoms with Crippen molar-refractivity contribution in [3.05, 3.63) is 43.5 Å². The van der Waals surface area contributed by atoms with Crippen LogP contribution in [0.2, 0.25) is 0 Å². The Morgan fingerprint density at radius 1 is 1.08 bits per heavy atom. The number of benzene rings is 1. The Balaban J connectivity index is 2.88. The van der Waals surface area contributed by atoms with Gasteiger partial charge >= 0.3 is 0 Å². The summed E-state index contributed by atoms with van der Waals surface area (Å²) in [7, 11) is 0. The molecule has 1 aromatic rings. The van der Waals surface area contributed by atoms with E-state index in [2.05, 4.69) is 10.6 Å². The predicted octanol–water partition coefficient (Wildman–Crippen LogP) is 1.31. The standard InChI is InChI=1S/C14H18N4O6/c1-8(2)13(19)15-4-5-16-14(20)11-6-10(17(21)22)7-12(9(11)3)18(23)24/h6-8H,4-5H2,1-3H3,(H,15,19)(H,16,20). The molecule has 1 aromatic carbocycles. The van der Waals surface area contributed by atoms with E-state index in [-0.39, 0.29) is 36.0 Å². The van der Waals surface area contributed by atoms with Crippen LogP contribution in [0.4, 0.5) is 11.4 Å². The molecule has 0 fully saturated rings. The van der Waals surface area contributed by atoms with Crippen LogP contribution in [-0.2, 0) is 4.79 Å². The van der Waals surface area contributed by atoms with Crippen molar-refractivity contribution in [1.29, 1.82) is 0 Å². The van der Waals surface area contributed by atoms with Crippen molar-refractivity contribution in [2.24, 2.45) is 5.92 Å². The molecule has 0 atom stereocenters. The molecule has 0 unspecified atom stereocenters. The number of nitro groups is 2. The Hall–Kier alpha value is -3.04. The van der Waals surface area contributed by atoms with Crippen LogP contribution in [0, 0.1) is 33.1 Å². The Bertz CT molecular complexity index is 686. The summed E-state index contributed by atoms with van der Waals surface area (Å²) in [6.07, 6.45) is 0. The number of nitrogens with zero attached hydrogens (tertiary/aromatic N) is 2. The minimum Gasteiger partial charge on any atom is -0.354 e. The fourth-order valence-electron chi connectivity index (χ4n) is 1.88.